The Morgan fingerprint density at radius 3 is 2.50 bits per heavy atom. The molecule has 0 bridgehead atoms. The van der Waals surface area contributed by atoms with Gasteiger partial charge in [-0.15, -0.1) is 0 Å². The van der Waals surface area contributed by atoms with Crippen LogP contribution in [0.25, 0.3) is 11.0 Å². The van der Waals surface area contributed by atoms with E-state index in [-0.39, 0.29) is 11.6 Å². The van der Waals surface area contributed by atoms with Crippen LogP contribution < -0.4 is 10.9 Å². The number of nitrogens with zero attached hydrogens (tertiary/aromatic N) is 3. The summed E-state index contributed by atoms with van der Waals surface area (Å²) in [6, 6.07) is 3.33. The Kier molecular flexibility index (Phi) is 4.00. The SMILES string of the molecule is CC(C)n1c2nc(NC(=O)OC(C)(C)C)ccc2c(=O)n1C. The fraction of sp³-hybridized carbons (Fsp3) is 0.533. The number of carbonyl (C=O) groups is 1. The number of hydrogen-bond acceptors (Lipinski definition) is 4. The van der Waals surface area contributed by atoms with Gasteiger partial charge in [-0.05, 0) is 46.8 Å². The molecule has 2 aromatic heterocycles. The molecule has 7 heteroatoms. The molecule has 0 aromatic carbocycles. The molecule has 2 rings (SSSR count). The second-order valence-electron chi connectivity index (χ2n) is 6.46. The number of hydrogen-bond donors (Lipinski definition) is 1. The molecule has 7 nitrogen and oxygen atoms in total. The molecule has 0 fully saturated rings. The number of anilines is 1. The van der Waals surface area contributed by atoms with E-state index in [1.807, 2.05) is 13.8 Å². The summed E-state index contributed by atoms with van der Waals surface area (Å²) >= 11 is 0. The van der Waals surface area contributed by atoms with Crippen LogP contribution in [-0.2, 0) is 11.8 Å². The van der Waals surface area contributed by atoms with Crippen molar-refractivity contribution in [3.8, 4) is 0 Å². The van der Waals surface area contributed by atoms with Gasteiger partial charge in [-0.3, -0.25) is 19.5 Å². The van der Waals surface area contributed by atoms with Crippen LogP contribution in [0.1, 0.15) is 40.7 Å². The minimum atomic E-state index is -0.582. The fourth-order valence-electron chi connectivity index (χ4n) is 2.27. The van der Waals surface area contributed by atoms with E-state index in [2.05, 4.69) is 10.3 Å². The van der Waals surface area contributed by atoms with Gasteiger partial charge in [0.25, 0.3) is 5.56 Å². The first-order valence-corrected chi connectivity index (χ1v) is 7.18. The zero-order chi connectivity index (χ0) is 16.7. The highest BCUT2D eigenvalue weighted by Gasteiger charge is 2.18. The van der Waals surface area contributed by atoms with E-state index in [1.165, 1.54) is 4.68 Å². The summed E-state index contributed by atoms with van der Waals surface area (Å²) in [6.07, 6.45) is -0.575. The predicted octanol–water partition coefficient (Wildman–Crippen LogP) is 2.66. The van der Waals surface area contributed by atoms with E-state index < -0.39 is 11.7 Å². The molecule has 120 valence electrons. The van der Waals surface area contributed by atoms with Crippen molar-refractivity contribution in [1.29, 1.82) is 0 Å². The van der Waals surface area contributed by atoms with E-state index in [4.69, 9.17) is 4.74 Å². The lowest BCUT2D eigenvalue weighted by atomic mass is 10.2. The Balaban J connectivity index is 2.40. The number of amides is 1. The molecule has 0 radical (unpaired) electrons. The van der Waals surface area contributed by atoms with Gasteiger partial charge in [-0.25, -0.2) is 9.78 Å². The zero-order valence-corrected chi connectivity index (χ0v) is 13.8. The first-order chi connectivity index (χ1) is 10.1. The van der Waals surface area contributed by atoms with E-state index in [0.29, 0.717) is 16.9 Å². The third-order valence-corrected chi connectivity index (χ3v) is 3.06. The van der Waals surface area contributed by atoms with Gasteiger partial charge < -0.3 is 4.74 Å². The lowest BCUT2D eigenvalue weighted by Gasteiger charge is -2.19. The summed E-state index contributed by atoms with van der Waals surface area (Å²) in [5, 5.41) is 3.11. The smallest absolute Gasteiger partial charge is 0.413 e. The monoisotopic (exact) mass is 306 g/mol. The molecule has 0 saturated carbocycles. The van der Waals surface area contributed by atoms with Gasteiger partial charge >= 0.3 is 6.09 Å². The minimum Gasteiger partial charge on any atom is -0.444 e. The summed E-state index contributed by atoms with van der Waals surface area (Å²) in [6.45, 7) is 9.30. The Labute approximate surface area is 128 Å². The molecule has 1 N–H and O–H groups in total. The quantitative estimate of drug-likeness (QED) is 0.925. The average Bonchev–Trinajstić information content (AvgIpc) is 2.59. The van der Waals surface area contributed by atoms with Crippen molar-refractivity contribution in [2.45, 2.75) is 46.3 Å². The van der Waals surface area contributed by atoms with E-state index in [1.54, 1.807) is 44.6 Å². The van der Waals surface area contributed by atoms with Crippen molar-refractivity contribution in [3.63, 3.8) is 0 Å². The molecule has 1 amide bonds. The third kappa shape index (κ3) is 3.13. The molecule has 0 unspecified atom stereocenters. The van der Waals surface area contributed by atoms with Gasteiger partial charge in [0.1, 0.15) is 11.4 Å². The van der Waals surface area contributed by atoms with E-state index >= 15 is 0 Å². The van der Waals surface area contributed by atoms with Crippen molar-refractivity contribution >= 4 is 22.9 Å². The summed E-state index contributed by atoms with van der Waals surface area (Å²) < 4.78 is 8.51. The van der Waals surface area contributed by atoms with Crippen LogP contribution in [0.4, 0.5) is 10.6 Å². The van der Waals surface area contributed by atoms with Crippen LogP contribution in [0.2, 0.25) is 0 Å². The highest BCUT2D eigenvalue weighted by Crippen LogP contribution is 2.17. The van der Waals surface area contributed by atoms with Crippen molar-refractivity contribution in [2.24, 2.45) is 7.05 Å². The Morgan fingerprint density at radius 1 is 1.32 bits per heavy atom. The Morgan fingerprint density at radius 2 is 1.95 bits per heavy atom. The number of nitrogens with one attached hydrogen (secondary N) is 1. The highest BCUT2D eigenvalue weighted by molar-refractivity contribution is 5.86. The Hall–Kier alpha value is -2.31. The van der Waals surface area contributed by atoms with Gasteiger partial charge in [-0.1, -0.05) is 0 Å². The molecule has 0 atom stereocenters. The van der Waals surface area contributed by atoms with Gasteiger partial charge in [0.15, 0.2) is 5.65 Å². The number of pyridine rings is 1. The minimum absolute atomic E-state index is 0.0690. The number of rotatable bonds is 2. The molecular formula is C15H22N4O3. The van der Waals surface area contributed by atoms with E-state index in [9.17, 15) is 9.59 Å². The second kappa shape index (κ2) is 5.47. The number of carbonyl (C=O) groups excluding carboxylic acids is 1. The van der Waals surface area contributed by atoms with Crippen LogP contribution in [-0.4, -0.2) is 26.0 Å². The van der Waals surface area contributed by atoms with Crippen LogP contribution in [0, 0.1) is 0 Å². The maximum absolute atomic E-state index is 12.2. The lowest BCUT2D eigenvalue weighted by Crippen LogP contribution is -2.27. The molecule has 0 aliphatic carbocycles. The van der Waals surface area contributed by atoms with Crippen LogP contribution >= 0.6 is 0 Å². The average molecular weight is 306 g/mol. The maximum Gasteiger partial charge on any atom is 0.413 e. The standard InChI is InChI=1S/C15H22N4O3/c1-9(2)19-12-10(13(20)18(19)6)7-8-11(16-12)17-14(21)22-15(3,4)5/h7-9H,1-6H3,(H,16,17,21). The first kappa shape index (κ1) is 16.1. The normalized spacial score (nSPS) is 12.0. The fourth-order valence-corrected chi connectivity index (χ4v) is 2.27. The third-order valence-electron chi connectivity index (χ3n) is 3.06. The summed E-state index contributed by atoms with van der Waals surface area (Å²) in [5.74, 6) is 0.349. The van der Waals surface area contributed by atoms with Crippen molar-refractivity contribution in [1.82, 2.24) is 14.3 Å². The number of fused-ring (bicyclic) bond motifs is 1. The topological polar surface area (TPSA) is 78.2 Å². The van der Waals surface area contributed by atoms with Gasteiger partial charge in [0, 0.05) is 13.1 Å². The van der Waals surface area contributed by atoms with Gasteiger partial charge in [0.05, 0.1) is 5.39 Å². The Bertz CT molecular complexity index is 765. The maximum atomic E-state index is 12.2. The molecule has 2 heterocycles. The van der Waals surface area contributed by atoms with Crippen LogP contribution in [0.5, 0.6) is 0 Å². The van der Waals surface area contributed by atoms with E-state index in [0.717, 1.165) is 0 Å². The molecular weight excluding hydrogens is 284 g/mol. The van der Waals surface area contributed by atoms with Crippen molar-refractivity contribution in [2.75, 3.05) is 5.32 Å². The lowest BCUT2D eigenvalue weighted by molar-refractivity contribution is 0.0635. The van der Waals surface area contributed by atoms with Gasteiger partial charge in [-0.2, -0.15) is 0 Å². The van der Waals surface area contributed by atoms with Gasteiger partial charge in [0.2, 0.25) is 0 Å². The van der Waals surface area contributed by atoms with Crippen LogP contribution in [0.3, 0.4) is 0 Å². The first-order valence-electron chi connectivity index (χ1n) is 7.18. The summed E-state index contributed by atoms with van der Waals surface area (Å²) in [7, 11) is 1.70. The zero-order valence-electron chi connectivity index (χ0n) is 13.8. The summed E-state index contributed by atoms with van der Waals surface area (Å²) in [4.78, 5) is 28.4. The molecule has 2 aromatic rings. The molecule has 22 heavy (non-hydrogen) atoms. The van der Waals surface area contributed by atoms with Crippen molar-refractivity contribution < 1.29 is 9.53 Å². The van der Waals surface area contributed by atoms with Crippen molar-refractivity contribution in [3.05, 3.63) is 22.5 Å². The second-order valence-corrected chi connectivity index (χ2v) is 6.46. The molecule has 0 aliphatic rings. The predicted molar refractivity (Wildman–Crippen MR) is 85.2 cm³/mol. The molecule has 0 saturated heterocycles. The largest absolute Gasteiger partial charge is 0.444 e. The molecule has 0 spiro atoms. The number of aromatic nitrogens is 3. The number of ether oxygens (including phenoxy) is 1. The van der Waals surface area contributed by atoms with Crippen LogP contribution in [0.15, 0.2) is 16.9 Å². The summed E-state index contributed by atoms with van der Waals surface area (Å²) in [5.41, 5.74) is -0.155. The molecule has 0 aliphatic heterocycles. The highest BCUT2D eigenvalue weighted by atomic mass is 16.6.